The third kappa shape index (κ3) is 4.61. The number of para-hydroxylation sites is 1. The largest absolute Gasteiger partial charge is 0.355 e. The van der Waals surface area contributed by atoms with Crippen LogP contribution < -0.4 is 5.32 Å². The van der Waals surface area contributed by atoms with Gasteiger partial charge in [0.05, 0.1) is 0 Å². The molecule has 0 atom stereocenters. The van der Waals surface area contributed by atoms with Crippen LogP contribution in [0.2, 0.25) is 0 Å². The van der Waals surface area contributed by atoms with E-state index in [2.05, 4.69) is 66.5 Å². The molecule has 0 radical (unpaired) electrons. The zero-order valence-corrected chi connectivity index (χ0v) is 15.1. The Hall–Kier alpha value is -1.80. The fourth-order valence-corrected chi connectivity index (χ4v) is 3.55. The summed E-state index contributed by atoms with van der Waals surface area (Å²) in [5.74, 6) is 0. The summed E-state index contributed by atoms with van der Waals surface area (Å²) in [6.45, 7) is 8.27. The van der Waals surface area contributed by atoms with E-state index in [1.54, 1.807) is 0 Å². The number of unbranched alkanes of at least 4 members (excludes halogenated alkanes) is 1. The second-order valence-electron chi connectivity index (χ2n) is 7.10. The smallest absolute Gasteiger partial charge is 0.0414 e. The summed E-state index contributed by atoms with van der Waals surface area (Å²) in [7, 11) is 0. The van der Waals surface area contributed by atoms with Gasteiger partial charge in [-0.3, -0.25) is 0 Å². The highest BCUT2D eigenvalue weighted by molar-refractivity contribution is 5.65. The molecule has 24 heavy (non-hydrogen) atoms. The van der Waals surface area contributed by atoms with E-state index in [-0.39, 0.29) is 0 Å². The molecule has 1 aliphatic rings. The van der Waals surface area contributed by atoms with Gasteiger partial charge in [-0.25, -0.2) is 0 Å². The number of nitrogens with zero attached hydrogens (tertiary/aromatic N) is 1. The average molecular weight is 322 g/mol. The third-order valence-electron chi connectivity index (χ3n) is 5.09. The Balaban J connectivity index is 1.51. The molecular formula is C22H30N2. The minimum absolute atomic E-state index is 1.19. The van der Waals surface area contributed by atoms with Crippen molar-refractivity contribution < 1.29 is 0 Å². The minimum Gasteiger partial charge on any atom is -0.355 e. The molecule has 0 spiro atoms. The highest BCUT2D eigenvalue weighted by atomic mass is 15.1. The molecule has 1 aliphatic heterocycles. The first-order valence-electron chi connectivity index (χ1n) is 9.37. The van der Waals surface area contributed by atoms with Crippen molar-refractivity contribution in [2.45, 2.75) is 46.0 Å². The topological polar surface area (TPSA) is 15.3 Å². The molecule has 2 aromatic rings. The summed E-state index contributed by atoms with van der Waals surface area (Å²) < 4.78 is 0. The van der Waals surface area contributed by atoms with Crippen LogP contribution in [0.15, 0.2) is 42.5 Å². The summed E-state index contributed by atoms with van der Waals surface area (Å²) >= 11 is 0. The van der Waals surface area contributed by atoms with Gasteiger partial charge in [-0.2, -0.15) is 0 Å². The molecule has 2 aromatic carbocycles. The van der Waals surface area contributed by atoms with E-state index in [0.29, 0.717) is 0 Å². The molecule has 0 saturated carbocycles. The quantitative estimate of drug-likeness (QED) is 0.680. The standard InChI is InChI=1S/C22H30N2/c1-18-9-3-4-11-21(18)23-22-13-12-20(17-19(22)2)10-5-6-14-24-15-7-8-16-24/h3-4,9,11-13,17,23H,5-8,10,14-16H2,1-2H3. The van der Waals surface area contributed by atoms with Crippen molar-refractivity contribution in [1.82, 2.24) is 4.90 Å². The molecule has 2 nitrogen and oxygen atoms in total. The molecule has 0 unspecified atom stereocenters. The van der Waals surface area contributed by atoms with Crippen molar-refractivity contribution in [3.05, 3.63) is 59.2 Å². The highest BCUT2D eigenvalue weighted by Crippen LogP contribution is 2.24. The van der Waals surface area contributed by atoms with Gasteiger partial charge in [0, 0.05) is 11.4 Å². The molecule has 1 N–H and O–H groups in total. The molecule has 1 saturated heterocycles. The monoisotopic (exact) mass is 322 g/mol. The van der Waals surface area contributed by atoms with E-state index in [1.165, 1.54) is 79.8 Å². The lowest BCUT2D eigenvalue weighted by molar-refractivity contribution is 0.330. The maximum atomic E-state index is 3.57. The number of likely N-dealkylation sites (tertiary alicyclic amines) is 1. The molecule has 2 heteroatoms. The normalized spacial score (nSPS) is 14.9. The van der Waals surface area contributed by atoms with Crippen LogP contribution in [0.4, 0.5) is 11.4 Å². The van der Waals surface area contributed by atoms with E-state index in [4.69, 9.17) is 0 Å². The number of anilines is 2. The van der Waals surface area contributed by atoms with Crippen LogP contribution in [-0.4, -0.2) is 24.5 Å². The molecule has 0 amide bonds. The molecule has 1 heterocycles. The first-order chi connectivity index (χ1) is 11.7. The summed E-state index contributed by atoms with van der Waals surface area (Å²) in [6.07, 6.45) is 6.60. The van der Waals surface area contributed by atoms with E-state index < -0.39 is 0 Å². The van der Waals surface area contributed by atoms with Crippen molar-refractivity contribution in [2.75, 3.05) is 25.0 Å². The summed E-state index contributed by atoms with van der Waals surface area (Å²) in [6, 6.07) is 15.3. The Kier molecular flexibility index (Phi) is 5.92. The summed E-state index contributed by atoms with van der Waals surface area (Å²) in [5.41, 5.74) is 6.48. The van der Waals surface area contributed by atoms with Gasteiger partial charge in [-0.1, -0.05) is 30.3 Å². The van der Waals surface area contributed by atoms with Crippen LogP contribution in [0.1, 0.15) is 42.4 Å². The van der Waals surface area contributed by atoms with Crippen LogP contribution in [0.3, 0.4) is 0 Å². The maximum Gasteiger partial charge on any atom is 0.0414 e. The molecule has 0 aliphatic carbocycles. The fraction of sp³-hybridized carbons (Fsp3) is 0.455. The Bertz CT molecular complexity index is 657. The van der Waals surface area contributed by atoms with Crippen molar-refractivity contribution in [1.29, 1.82) is 0 Å². The zero-order chi connectivity index (χ0) is 16.8. The summed E-state index contributed by atoms with van der Waals surface area (Å²) in [5, 5.41) is 3.57. The van der Waals surface area contributed by atoms with Crippen molar-refractivity contribution in [3.8, 4) is 0 Å². The van der Waals surface area contributed by atoms with Crippen LogP contribution in [0.25, 0.3) is 0 Å². The minimum atomic E-state index is 1.19. The number of hydrogen-bond acceptors (Lipinski definition) is 2. The van der Waals surface area contributed by atoms with Crippen molar-refractivity contribution >= 4 is 11.4 Å². The van der Waals surface area contributed by atoms with Crippen LogP contribution >= 0.6 is 0 Å². The lowest BCUT2D eigenvalue weighted by Crippen LogP contribution is -2.20. The van der Waals surface area contributed by atoms with E-state index in [0.717, 1.165) is 0 Å². The molecule has 0 bridgehead atoms. The first-order valence-corrected chi connectivity index (χ1v) is 9.37. The van der Waals surface area contributed by atoms with Gasteiger partial charge in [0.1, 0.15) is 0 Å². The van der Waals surface area contributed by atoms with Gasteiger partial charge in [-0.15, -0.1) is 0 Å². The number of rotatable bonds is 7. The molecule has 0 aromatic heterocycles. The molecule has 128 valence electrons. The van der Waals surface area contributed by atoms with Crippen LogP contribution in [0, 0.1) is 13.8 Å². The average Bonchev–Trinajstić information content (AvgIpc) is 3.09. The predicted molar refractivity (Wildman–Crippen MR) is 104 cm³/mol. The summed E-state index contributed by atoms with van der Waals surface area (Å²) in [4.78, 5) is 2.61. The van der Waals surface area contributed by atoms with E-state index >= 15 is 0 Å². The lowest BCUT2D eigenvalue weighted by Gasteiger charge is -2.15. The van der Waals surface area contributed by atoms with Gasteiger partial charge in [0.25, 0.3) is 0 Å². The van der Waals surface area contributed by atoms with Gasteiger partial charge in [0.2, 0.25) is 0 Å². The first kappa shape index (κ1) is 17.0. The Morgan fingerprint density at radius 3 is 2.38 bits per heavy atom. The zero-order valence-electron chi connectivity index (χ0n) is 15.1. The fourth-order valence-electron chi connectivity index (χ4n) is 3.55. The third-order valence-corrected chi connectivity index (χ3v) is 5.09. The van der Waals surface area contributed by atoms with Crippen molar-refractivity contribution in [3.63, 3.8) is 0 Å². The van der Waals surface area contributed by atoms with Gasteiger partial charge in [0.15, 0.2) is 0 Å². The number of benzene rings is 2. The number of aryl methyl sites for hydroxylation is 3. The number of hydrogen-bond donors (Lipinski definition) is 1. The Morgan fingerprint density at radius 2 is 1.62 bits per heavy atom. The SMILES string of the molecule is Cc1ccccc1Nc1ccc(CCCCN2CCCC2)cc1C. The number of nitrogens with one attached hydrogen (secondary N) is 1. The second-order valence-corrected chi connectivity index (χ2v) is 7.10. The molecular weight excluding hydrogens is 292 g/mol. The molecule has 1 fully saturated rings. The van der Waals surface area contributed by atoms with Gasteiger partial charge in [-0.05, 0) is 94.4 Å². The maximum absolute atomic E-state index is 3.57. The van der Waals surface area contributed by atoms with Gasteiger partial charge >= 0.3 is 0 Å². The van der Waals surface area contributed by atoms with Crippen molar-refractivity contribution in [2.24, 2.45) is 0 Å². The van der Waals surface area contributed by atoms with Crippen LogP contribution in [-0.2, 0) is 6.42 Å². The van der Waals surface area contributed by atoms with Crippen LogP contribution in [0.5, 0.6) is 0 Å². The van der Waals surface area contributed by atoms with E-state index in [1.807, 2.05) is 0 Å². The Labute approximate surface area is 146 Å². The van der Waals surface area contributed by atoms with E-state index in [9.17, 15) is 0 Å². The highest BCUT2D eigenvalue weighted by Gasteiger charge is 2.10. The van der Waals surface area contributed by atoms with Gasteiger partial charge < -0.3 is 10.2 Å². The molecule has 3 rings (SSSR count). The Morgan fingerprint density at radius 1 is 0.875 bits per heavy atom. The second kappa shape index (κ2) is 8.34. The lowest BCUT2D eigenvalue weighted by atomic mass is 10.0. The predicted octanol–water partition coefficient (Wildman–Crippen LogP) is 5.47.